The lowest BCUT2D eigenvalue weighted by atomic mass is 10.1. The zero-order chi connectivity index (χ0) is 16.8. The molecule has 120 valence electrons. The summed E-state index contributed by atoms with van der Waals surface area (Å²) in [5.74, 6) is 0.871. The number of nitrogens with zero attached hydrogens (tertiary/aromatic N) is 5. The number of carbonyl (C=O) groups excluding carboxylic acids is 1. The van der Waals surface area contributed by atoms with Gasteiger partial charge in [-0.15, -0.1) is 5.10 Å². The van der Waals surface area contributed by atoms with Gasteiger partial charge in [0.05, 0.1) is 17.4 Å². The van der Waals surface area contributed by atoms with Crippen LogP contribution in [0, 0.1) is 0 Å². The maximum absolute atomic E-state index is 12.2. The van der Waals surface area contributed by atoms with Crippen LogP contribution in [-0.4, -0.2) is 35.3 Å². The average Bonchev–Trinajstić information content (AvgIpc) is 3.17. The van der Waals surface area contributed by atoms with Gasteiger partial charge in [-0.2, -0.15) is 14.6 Å². The molecule has 0 bridgehead atoms. The summed E-state index contributed by atoms with van der Waals surface area (Å²) in [4.78, 5) is 31.2. The highest BCUT2D eigenvalue weighted by Crippen LogP contribution is 2.22. The second-order valence-corrected chi connectivity index (χ2v) is 5.49. The third-order valence-corrected chi connectivity index (χ3v) is 3.87. The third-order valence-electron chi connectivity index (χ3n) is 3.87. The van der Waals surface area contributed by atoms with Crippen LogP contribution in [0.15, 0.2) is 35.3 Å². The number of rotatable bonds is 2. The van der Waals surface area contributed by atoms with Crippen LogP contribution in [0.3, 0.4) is 0 Å². The first kappa shape index (κ1) is 14.3. The Bertz CT molecular complexity index is 1150. The number of H-pyrrole nitrogens is 1. The quantitative estimate of drug-likeness (QED) is 0.605. The molecule has 8 nitrogen and oxygen atoms in total. The molecule has 1 N–H and O–H groups in total. The van der Waals surface area contributed by atoms with Crippen molar-refractivity contribution in [3.05, 3.63) is 46.6 Å². The maximum atomic E-state index is 12.2. The topological polar surface area (TPSA) is 97.9 Å². The van der Waals surface area contributed by atoms with Crippen LogP contribution < -0.4 is 5.56 Å². The lowest BCUT2D eigenvalue weighted by molar-refractivity contribution is 0.0927. The summed E-state index contributed by atoms with van der Waals surface area (Å²) in [7, 11) is 0. The van der Waals surface area contributed by atoms with E-state index in [9.17, 15) is 9.59 Å². The SMILES string of the molecule is CCc1nc2[nH]c(-c3ccc4c(cnn4C(C)=O)c3)cc(=O)n2n1. The first-order valence-corrected chi connectivity index (χ1v) is 7.55. The number of fused-ring (bicyclic) bond motifs is 2. The Morgan fingerprint density at radius 1 is 1.29 bits per heavy atom. The fourth-order valence-corrected chi connectivity index (χ4v) is 2.69. The third kappa shape index (κ3) is 2.11. The fourth-order valence-electron chi connectivity index (χ4n) is 2.69. The van der Waals surface area contributed by atoms with E-state index in [4.69, 9.17) is 0 Å². The minimum atomic E-state index is -0.245. The number of benzene rings is 1. The monoisotopic (exact) mass is 322 g/mol. The molecule has 1 aromatic carbocycles. The predicted molar refractivity (Wildman–Crippen MR) is 88.0 cm³/mol. The average molecular weight is 322 g/mol. The number of aromatic nitrogens is 6. The Kier molecular flexibility index (Phi) is 3.05. The molecule has 0 spiro atoms. The van der Waals surface area contributed by atoms with Crippen LogP contribution in [0.5, 0.6) is 0 Å². The molecule has 0 aliphatic heterocycles. The molecule has 0 atom stereocenters. The second kappa shape index (κ2) is 5.12. The summed E-state index contributed by atoms with van der Waals surface area (Å²) in [6.07, 6.45) is 2.28. The summed E-state index contributed by atoms with van der Waals surface area (Å²) < 4.78 is 2.60. The van der Waals surface area contributed by atoms with Crippen LogP contribution in [-0.2, 0) is 6.42 Å². The van der Waals surface area contributed by atoms with Gasteiger partial charge in [-0.05, 0) is 17.7 Å². The number of hydrogen-bond acceptors (Lipinski definition) is 5. The molecule has 0 saturated heterocycles. The molecule has 3 aromatic heterocycles. The summed E-state index contributed by atoms with van der Waals surface area (Å²) in [6, 6.07) is 7.00. The normalized spacial score (nSPS) is 11.4. The first-order chi connectivity index (χ1) is 11.6. The molecule has 4 rings (SSSR count). The van der Waals surface area contributed by atoms with Crippen molar-refractivity contribution in [2.45, 2.75) is 20.3 Å². The highest BCUT2D eigenvalue weighted by Gasteiger charge is 2.11. The van der Waals surface area contributed by atoms with Crippen molar-refractivity contribution in [3.63, 3.8) is 0 Å². The number of aromatic amines is 1. The van der Waals surface area contributed by atoms with Gasteiger partial charge < -0.3 is 4.98 Å². The molecule has 0 saturated carbocycles. The van der Waals surface area contributed by atoms with Gasteiger partial charge in [-0.25, -0.2) is 4.68 Å². The lowest BCUT2D eigenvalue weighted by Gasteiger charge is -2.03. The molecule has 0 amide bonds. The molecular weight excluding hydrogens is 308 g/mol. The number of aryl methyl sites for hydroxylation is 1. The lowest BCUT2D eigenvalue weighted by Crippen LogP contribution is -2.14. The van der Waals surface area contributed by atoms with Gasteiger partial charge in [0.1, 0.15) is 0 Å². The summed E-state index contributed by atoms with van der Waals surface area (Å²) in [6.45, 7) is 3.39. The number of hydrogen-bond donors (Lipinski definition) is 1. The summed E-state index contributed by atoms with van der Waals surface area (Å²) >= 11 is 0. The summed E-state index contributed by atoms with van der Waals surface area (Å²) in [5, 5.41) is 9.05. The van der Waals surface area contributed by atoms with Gasteiger partial charge in [0.15, 0.2) is 5.82 Å². The van der Waals surface area contributed by atoms with Crippen LogP contribution in [0.1, 0.15) is 24.5 Å². The van der Waals surface area contributed by atoms with E-state index in [0.717, 1.165) is 16.5 Å². The largest absolute Gasteiger partial charge is 0.323 e. The fraction of sp³-hybridized carbons (Fsp3) is 0.188. The Balaban J connectivity index is 1.89. The molecule has 0 aliphatic rings. The zero-order valence-corrected chi connectivity index (χ0v) is 13.1. The van der Waals surface area contributed by atoms with Crippen molar-refractivity contribution >= 4 is 22.6 Å². The number of nitrogens with one attached hydrogen (secondary N) is 1. The van der Waals surface area contributed by atoms with Crippen molar-refractivity contribution in [3.8, 4) is 11.3 Å². The zero-order valence-electron chi connectivity index (χ0n) is 13.1. The second-order valence-electron chi connectivity index (χ2n) is 5.49. The van der Waals surface area contributed by atoms with Gasteiger partial charge in [0.2, 0.25) is 11.7 Å². The Morgan fingerprint density at radius 2 is 2.12 bits per heavy atom. The summed E-state index contributed by atoms with van der Waals surface area (Å²) in [5.41, 5.74) is 1.93. The van der Waals surface area contributed by atoms with Gasteiger partial charge >= 0.3 is 0 Å². The maximum Gasteiger partial charge on any atom is 0.276 e. The van der Waals surface area contributed by atoms with Crippen molar-refractivity contribution in [1.29, 1.82) is 0 Å². The Hall–Kier alpha value is -3.29. The Morgan fingerprint density at radius 3 is 2.88 bits per heavy atom. The standard InChI is InChI=1S/C16H14N6O2/c1-3-14-19-16-18-12(7-15(24)22(16)20-14)10-4-5-13-11(6-10)8-17-21(13)9(2)23/h4-8H,3H2,1-2H3,(H,18,19,20). The highest BCUT2D eigenvalue weighted by atomic mass is 16.2. The molecule has 24 heavy (non-hydrogen) atoms. The molecule has 0 unspecified atom stereocenters. The Labute approximate surface area is 135 Å². The van der Waals surface area contributed by atoms with Crippen molar-refractivity contribution < 1.29 is 4.79 Å². The van der Waals surface area contributed by atoms with Gasteiger partial charge in [0, 0.05) is 24.8 Å². The van der Waals surface area contributed by atoms with E-state index in [-0.39, 0.29) is 11.5 Å². The van der Waals surface area contributed by atoms with E-state index < -0.39 is 0 Å². The molecular formula is C16H14N6O2. The van der Waals surface area contributed by atoms with Crippen molar-refractivity contribution in [1.82, 2.24) is 29.4 Å². The molecule has 8 heteroatoms. The molecule has 0 radical (unpaired) electrons. The smallest absolute Gasteiger partial charge is 0.276 e. The minimum absolute atomic E-state index is 0.150. The van der Waals surface area contributed by atoms with E-state index >= 15 is 0 Å². The van der Waals surface area contributed by atoms with Crippen LogP contribution >= 0.6 is 0 Å². The van der Waals surface area contributed by atoms with E-state index in [1.165, 1.54) is 22.2 Å². The van der Waals surface area contributed by atoms with Gasteiger partial charge in [0.25, 0.3) is 5.56 Å². The van der Waals surface area contributed by atoms with Crippen molar-refractivity contribution in [2.24, 2.45) is 0 Å². The molecule has 3 heterocycles. The minimum Gasteiger partial charge on any atom is -0.323 e. The molecule has 0 fully saturated rings. The van der Waals surface area contributed by atoms with E-state index in [1.807, 2.05) is 25.1 Å². The van der Waals surface area contributed by atoms with E-state index in [1.54, 1.807) is 6.20 Å². The van der Waals surface area contributed by atoms with Crippen LogP contribution in [0.2, 0.25) is 0 Å². The van der Waals surface area contributed by atoms with E-state index in [0.29, 0.717) is 23.7 Å². The van der Waals surface area contributed by atoms with Crippen molar-refractivity contribution in [2.75, 3.05) is 0 Å². The van der Waals surface area contributed by atoms with Crippen LogP contribution in [0.25, 0.3) is 27.9 Å². The molecule has 4 aromatic rings. The number of carbonyl (C=O) groups is 1. The highest BCUT2D eigenvalue weighted by molar-refractivity contribution is 5.91. The van der Waals surface area contributed by atoms with Crippen LogP contribution in [0.4, 0.5) is 0 Å². The molecule has 0 aliphatic carbocycles. The van der Waals surface area contributed by atoms with Gasteiger partial charge in [-0.1, -0.05) is 13.0 Å². The van der Waals surface area contributed by atoms with E-state index in [2.05, 4.69) is 20.2 Å². The van der Waals surface area contributed by atoms with Gasteiger partial charge in [-0.3, -0.25) is 9.59 Å². The predicted octanol–water partition coefficient (Wildman–Crippen LogP) is 1.66. The first-order valence-electron chi connectivity index (χ1n) is 7.55.